The molecule has 0 atom stereocenters. The number of hydrogen-bond acceptors (Lipinski definition) is 2. The summed E-state index contributed by atoms with van der Waals surface area (Å²) < 4.78 is 0. The number of anilines is 2. The molecule has 0 saturated carbocycles. The van der Waals surface area contributed by atoms with Gasteiger partial charge in [-0.2, -0.15) is 0 Å². The average molecular weight is 352 g/mol. The number of guanidine groups is 1. The normalized spacial score (nSPS) is 11.7. The van der Waals surface area contributed by atoms with Crippen LogP contribution in [0, 0.1) is 5.92 Å². The summed E-state index contributed by atoms with van der Waals surface area (Å²) in [5.41, 5.74) is 9.98. The molecule has 0 radical (unpaired) electrons. The van der Waals surface area contributed by atoms with Crippen molar-refractivity contribution in [3.63, 3.8) is 0 Å². The SMILES string of the molecule is CC(C)C(=O)Nc1ccc(CN=C(N)Nc2cccc(C(C)C)c2)cc1. The number of nitrogens with one attached hydrogen (secondary N) is 2. The molecule has 0 bridgehead atoms. The summed E-state index contributed by atoms with van der Waals surface area (Å²) in [7, 11) is 0. The van der Waals surface area contributed by atoms with Gasteiger partial charge in [0.15, 0.2) is 5.96 Å². The van der Waals surface area contributed by atoms with Gasteiger partial charge in [-0.05, 0) is 41.3 Å². The zero-order chi connectivity index (χ0) is 19.1. The third-order valence-corrected chi connectivity index (χ3v) is 4.00. The molecule has 0 saturated heterocycles. The molecule has 5 nitrogen and oxygen atoms in total. The van der Waals surface area contributed by atoms with Crippen LogP contribution in [0.1, 0.15) is 44.7 Å². The fourth-order valence-electron chi connectivity index (χ4n) is 2.32. The number of hydrogen-bond donors (Lipinski definition) is 3. The van der Waals surface area contributed by atoms with E-state index in [9.17, 15) is 4.79 Å². The standard InChI is InChI=1S/C21H28N4O/c1-14(2)17-6-5-7-19(12-17)25-21(22)23-13-16-8-10-18(11-9-16)24-20(26)15(3)4/h5-12,14-15H,13H2,1-4H3,(H,24,26)(H3,22,23,25). The van der Waals surface area contributed by atoms with E-state index in [1.807, 2.05) is 50.2 Å². The van der Waals surface area contributed by atoms with Crippen LogP contribution in [0.15, 0.2) is 53.5 Å². The predicted octanol–water partition coefficient (Wildman–Crippen LogP) is 4.33. The molecule has 2 aromatic rings. The Bertz CT molecular complexity index is 764. The van der Waals surface area contributed by atoms with Gasteiger partial charge in [0.25, 0.3) is 0 Å². The van der Waals surface area contributed by atoms with Crippen LogP contribution in [-0.4, -0.2) is 11.9 Å². The molecule has 0 aliphatic heterocycles. The average Bonchev–Trinajstić information content (AvgIpc) is 2.61. The molecule has 5 heteroatoms. The minimum atomic E-state index is -0.0423. The molecule has 0 unspecified atom stereocenters. The highest BCUT2D eigenvalue weighted by Crippen LogP contribution is 2.18. The van der Waals surface area contributed by atoms with Crippen LogP contribution in [0.5, 0.6) is 0 Å². The number of rotatable bonds is 6. The van der Waals surface area contributed by atoms with Crippen LogP contribution in [-0.2, 0) is 11.3 Å². The second-order valence-electron chi connectivity index (χ2n) is 6.95. The number of aliphatic imine (C=N–C) groups is 1. The maximum atomic E-state index is 11.7. The van der Waals surface area contributed by atoms with E-state index in [-0.39, 0.29) is 11.8 Å². The van der Waals surface area contributed by atoms with Gasteiger partial charge in [0.05, 0.1) is 6.54 Å². The van der Waals surface area contributed by atoms with E-state index in [1.54, 1.807) is 0 Å². The van der Waals surface area contributed by atoms with Gasteiger partial charge < -0.3 is 16.4 Å². The first-order valence-electron chi connectivity index (χ1n) is 8.92. The van der Waals surface area contributed by atoms with E-state index in [2.05, 4.69) is 41.6 Å². The van der Waals surface area contributed by atoms with Gasteiger partial charge in [0.1, 0.15) is 0 Å². The summed E-state index contributed by atoms with van der Waals surface area (Å²) in [6, 6.07) is 15.8. The lowest BCUT2D eigenvalue weighted by Gasteiger charge is -2.10. The highest BCUT2D eigenvalue weighted by molar-refractivity contribution is 5.92. The van der Waals surface area contributed by atoms with Gasteiger partial charge in [0.2, 0.25) is 5.91 Å². The maximum absolute atomic E-state index is 11.7. The van der Waals surface area contributed by atoms with Crippen molar-refractivity contribution in [2.24, 2.45) is 16.6 Å². The number of carbonyl (C=O) groups excluding carboxylic acids is 1. The Morgan fingerprint density at radius 3 is 2.31 bits per heavy atom. The Balaban J connectivity index is 1.94. The quantitative estimate of drug-likeness (QED) is 0.535. The fourth-order valence-corrected chi connectivity index (χ4v) is 2.32. The molecule has 0 aromatic heterocycles. The van der Waals surface area contributed by atoms with Crippen molar-refractivity contribution in [3.05, 3.63) is 59.7 Å². The number of carbonyl (C=O) groups is 1. The largest absolute Gasteiger partial charge is 0.370 e. The van der Waals surface area contributed by atoms with E-state index in [1.165, 1.54) is 5.56 Å². The molecule has 0 fully saturated rings. The molecular formula is C21H28N4O. The molecule has 138 valence electrons. The van der Waals surface area contributed by atoms with Crippen molar-refractivity contribution in [1.29, 1.82) is 0 Å². The number of nitrogens with two attached hydrogens (primary N) is 1. The third kappa shape index (κ3) is 5.92. The zero-order valence-electron chi connectivity index (χ0n) is 15.9. The molecule has 0 spiro atoms. The summed E-state index contributed by atoms with van der Waals surface area (Å²) in [6.45, 7) is 8.52. The van der Waals surface area contributed by atoms with Crippen molar-refractivity contribution < 1.29 is 4.79 Å². The van der Waals surface area contributed by atoms with Crippen LogP contribution >= 0.6 is 0 Å². The highest BCUT2D eigenvalue weighted by atomic mass is 16.1. The van der Waals surface area contributed by atoms with E-state index < -0.39 is 0 Å². The van der Waals surface area contributed by atoms with Crippen LogP contribution in [0.2, 0.25) is 0 Å². The Morgan fingerprint density at radius 2 is 1.69 bits per heavy atom. The highest BCUT2D eigenvalue weighted by Gasteiger charge is 2.06. The second kappa shape index (κ2) is 9.04. The monoisotopic (exact) mass is 352 g/mol. The first-order chi connectivity index (χ1) is 12.3. The topological polar surface area (TPSA) is 79.5 Å². The summed E-state index contributed by atoms with van der Waals surface area (Å²) in [5.74, 6) is 0.805. The molecule has 0 aliphatic rings. The first kappa shape index (κ1) is 19.5. The van der Waals surface area contributed by atoms with Crippen LogP contribution in [0.3, 0.4) is 0 Å². The first-order valence-corrected chi connectivity index (χ1v) is 8.92. The molecule has 2 rings (SSSR count). The zero-order valence-corrected chi connectivity index (χ0v) is 15.9. The minimum absolute atomic E-state index is 0.00726. The Morgan fingerprint density at radius 1 is 1.00 bits per heavy atom. The second-order valence-corrected chi connectivity index (χ2v) is 6.95. The summed E-state index contributed by atoms with van der Waals surface area (Å²) in [4.78, 5) is 16.1. The Kier molecular flexibility index (Phi) is 6.78. The smallest absolute Gasteiger partial charge is 0.226 e. The molecule has 1 amide bonds. The number of benzene rings is 2. The van der Waals surface area contributed by atoms with E-state index in [0.29, 0.717) is 18.4 Å². The molecule has 26 heavy (non-hydrogen) atoms. The van der Waals surface area contributed by atoms with Gasteiger partial charge in [-0.3, -0.25) is 4.79 Å². The lowest BCUT2D eigenvalue weighted by atomic mass is 10.0. The van der Waals surface area contributed by atoms with Crippen molar-refractivity contribution in [1.82, 2.24) is 0 Å². The van der Waals surface area contributed by atoms with E-state index >= 15 is 0 Å². The molecule has 0 heterocycles. The van der Waals surface area contributed by atoms with Gasteiger partial charge in [-0.25, -0.2) is 4.99 Å². The van der Waals surface area contributed by atoms with Gasteiger partial charge in [-0.15, -0.1) is 0 Å². The van der Waals surface area contributed by atoms with Crippen molar-refractivity contribution in [3.8, 4) is 0 Å². The van der Waals surface area contributed by atoms with Gasteiger partial charge >= 0.3 is 0 Å². The number of amides is 1. The Hall–Kier alpha value is -2.82. The summed E-state index contributed by atoms with van der Waals surface area (Å²) in [6.07, 6.45) is 0. The summed E-state index contributed by atoms with van der Waals surface area (Å²) >= 11 is 0. The molecule has 2 aromatic carbocycles. The van der Waals surface area contributed by atoms with Crippen LogP contribution < -0.4 is 16.4 Å². The molecule has 4 N–H and O–H groups in total. The number of nitrogens with zero attached hydrogens (tertiary/aromatic N) is 1. The molecule has 0 aliphatic carbocycles. The minimum Gasteiger partial charge on any atom is -0.370 e. The summed E-state index contributed by atoms with van der Waals surface area (Å²) in [5, 5.41) is 6.00. The Labute approximate surface area is 155 Å². The van der Waals surface area contributed by atoms with E-state index in [0.717, 1.165) is 16.9 Å². The van der Waals surface area contributed by atoms with Crippen molar-refractivity contribution >= 4 is 23.2 Å². The lowest BCUT2D eigenvalue weighted by Crippen LogP contribution is -2.22. The maximum Gasteiger partial charge on any atom is 0.226 e. The predicted molar refractivity (Wildman–Crippen MR) is 109 cm³/mol. The third-order valence-electron chi connectivity index (χ3n) is 4.00. The van der Waals surface area contributed by atoms with Crippen molar-refractivity contribution in [2.45, 2.75) is 40.2 Å². The molecular weight excluding hydrogens is 324 g/mol. The fraction of sp³-hybridized carbons (Fsp3) is 0.333. The van der Waals surface area contributed by atoms with E-state index in [4.69, 9.17) is 5.73 Å². The van der Waals surface area contributed by atoms with Crippen LogP contribution in [0.4, 0.5) is 11.4 Å². The van der Waals surface area contributed by atoms with Gasteiger partial charge in [-0.1, -0.05) is 52.0 Å². The van der Waals surface area contributed by atoms with Crippen LogP contribution in [0.25, 0.3) is 0 Å². The lowest BCUT2D eigenvalue weighted by molar-refractivity contribution is -0.118. The van der Waals surface area contributed by atoms with Crippen molar-refractivity contribution in [2.75, 3.05) is 10.6 Å². The van der Waals surface area contributed by atoms with Gasteiger partial charge in [0, 0.05) is 17.3 Å².